The number of hydrogen-bond donors (Lipinski definition) is 2. The molecule has 0 saturated carbocycles. The highest BCUT2D eigenvalue weighted by Gasteiger charge is 2.41. The van der Waals surface area contributed by atoms with Gasteiger partial charge in [-0.3, -0.25) is 0 Å². The summed E-state index contributed by atoms with van der Waals surface area (Å²) in [5, 5.41) is 9.85. The Hall–Kier alpha value is -3.33. The summed E-state index contributed by atoms with van der Waals surface area (Å²) in [5.41, 5.74) is 4.27. The van der Waals surface area contributed by atoms with E-state index in [4.69, 9.17) is 0 Å². The Morgan fingerprint density at radius 2 is 1.46 bits per heavy atom. The molecule has 3 heteroatoms. The van der Waals surface area contributed by atoms with Crippen molar-refractivity contribution in [2.24, 2.45) is 0 Å². The van der Waals surface area contributed by atoms with Gasteiger partial charge in [-0.2, -0.15) is 0 Å². The van der Waals surface area contributed by atoms with Crippen LogP contribution in [-0.4, -0.2) is 10.1 Å². The van der Waals surface area contributed by atoms with Gasteiger partial charge >= 0.3 is 0 Å². The number of rotatable bonds is 4. The van der Waals surface area contributed by atoms with E-state index in [0.717, 1.165) is 28.1 Å². The van der Waals surface area contributed by atoms with Crippen LogP contribution in [0.15, 0.2) is 84.9 Å². The molecular formula is C25H22FNO. The Labute approximate surface area is 164 Å². The number of aromatic amines is 1. The summed E-state index contributed by atoms with van der Waals surface area (Å²) < 4.78 is 15.4. The van der Waals surface area contributed by atoms with Gasteiger partial charge < -0.3 is 10.1 Å². The van der Waals surface area contributed by atoms with E-state index >= 15 is 4.39 Å². The fourth-order valence-electron chi connectivity index (χ4n) is 3.98. The first-order valence-corrected chi connectivity index (χ1v) is 9.29. The first-order valence-electron chi connectivity index (χ1n) is 9.29. The van der Waals surface area contributed by atoms with Crippen molar-refractivity contribution < 1.29 is 9.50 Å². The van der Waals surface area contributed by atoms with Gasteiger partial charge in [0.1, 0.15) is 11.6 Å². The van der Waals surface area contributed by atoms with Gasteiger partial charge in [-0.05, 0) is 60.9 Å². The molecule has 1 heterocycles. The fourth-order valence-corrected chi connectivity index (χ4v) is 3.98. The summed E-state index contributed by atoms with van der Waals surface area (Å²) in [4.78, 5) is 3.44. The molecule has 0 amide bonds. The molecule has 0 radical (unpaired) electrons. The zero-order chi connectivity index (χ0) is 19.7. The molecule has 3 aromatic carbocycles. The number of phenolic OH excluding ortho intramolecular Hbond substituents is 1. The second-order valence-electron chi connectivity index (χ2n) is 7.20. The van der Waals surface area contributed by atoms with Crippen LogP contribution in [0.4, 0.5) is 4.39 Å². The van der Waals surface area contributed by atoms with Gasteiger partial charge in [-0.25, -0.2) is 4.39 Å². The lowest BCUT2D eigenvalue weighted by molar-refractivity contribution is 0.474. The maximum atomic E-state index is 15.4. The first kappa shape index (κ1) is 18.1. The van der Waals surface area contributed by atoms with Crippen molar-refractivity contribution in [3.05, 3.63) is 124 Å². The molecule has 0 aliphatic heterocycles. The molecule has 0 saturated heterocycles. The second-order valence-corrected chi connectivity index (χ2v) is 7.20. The zero-order valence-electron chi connectivity index (χ0n) is 15.9. The van der Waals surface area contributed by atoms with Crippen LogP contribution in [-0.2, 0) is 5.41 Å². The highest BCUT2D eigenvalue weighted by molar-refractivity contribution is 5.59. The smallest absolute Gasteiger partial charge is 0.128 e. The minimum atomic E-state index is -0.874. The molecule has 0 bridgehead atoms. The molecule has 1 aromatic heterocycles. The lowest BCUT2D eigenvalue weighted by Gasteiger charge is -2.36. The molecule has 2 N–H and O–H groups in total. The van der Waals surface area contributed by atoms with Crippen LogP contribution in [0.5, 0.6) is 5.75 Å². The largest absolute Gasteiger partial charge is 0.508 e. The Balaban J connectivity index is 2.15. The van der Waals surface area contributed by atoms with E-state index in [1.54, 1.807) is 18.2 Å². The van der Waals surface area contributed by atoms with Crippen LogP contribution < -0.4 is 0 Å². The molecule has 28 heavy (non-hydrogen) atoms. The molecule has 1 atom stereocenters. The summed E-state index contributed by atoms with van der Waals surface area (Å²) in [6.07, 6.45) is 0. The lowest BCUT2D eigenvalue weighted by Crippen LogP contribution is -2.32. The van der Waals surface area contributed by atoms with Gasteiger partial charge in [-0.15, -0.1) is 0 Å². The van der Waals surface area contributed by atoms with Gasteiger partial charge in [0, 0.05) is 17.0 Å². The third kappa shape index (κ3) is 2.89. The van der Waals surface area contributed by atoms with Crippen LogP contribution in [0.3, 0.4) is 0 Å². The van der Waals surface area contributed by atoms with E-state index in [9.17, 15) is 5.11 Å². The predicted molar refractivity (Wildman–Crippen MR) is 110 cm³/mol. The monoisotopic (exact) mass is 371 g/mol. The van der Waals surface area contributed by atoms with Gasteiger partial charge in [0.2, 0.25) is 0 Å². The summed E-state index contributed by atoms with van der Waals surface area (Å²) in [7, 11) is 0. The van der Waals surface area contributed by atoms with Crippen molar-refractivity contribution in [1.82, 2.24) is 4.98 Å². The number of hydrogen-bond acceptors (Lipinski definition) is 1. The van der Waals surface area contributed by atoms with E-state index in [1.807, 2.05) is 80.6 Å². The molecule has 0 unspecified atom stereocenters. The summed E-state index contributed by atoms with van der Waals surface area (Å²) in [5.74, 6) is -0.0815. The van der Waals surface area contributed by atoms with Crippen molar-refractivity contribution in [1.29, 1.82) is 0 Å². The summed E-state index contributed by atoms with van der Waals surface area (Å²) in [6.45, 7) is 3.87. The quantitative estimate of drug-likeness (QED) is 0.433. The van der Waals surface area contributed by atoms with E-state index in [1.165, 1.54) is 0 Å². The third-order valence-electron chi connectivity index (χ3n) is 5.27. The van der Waals surface area contributed by atoms with Crippen LogP contribution >= 0.6 is 0 Å². The number of phenols is 1. The van der Waals surface area contributed by atoms with Gasteiger partial charge in [0.25, 0.3) is 0 Å². The molecule has 0 aliphatic carbocycles. The first-order chi connectivity index (χ1) is 13.5. The average Bonchev–Trinajstić information content (AvgIpc) is 3.12. The van der Waals surface area contributed by atoms with Crippen LogP contribution in [0.25, 0.3) is 0 Å². The molecular weight excluding hydrogens is 349 g/mol. The molecule has 0 fully saturated rings. The van der Waals surface area contributed by atoms with Gasteiger partial charge in [0.15, 0.2) is 0 Å². The van der Waals surface area contributed by atoms with Gasteiger partial charge in [0.05, 0.1) is 5.41 Å². The standard InChI is InChI=1S/C25H22FNO/c1-17-8-14-22(23(26)16-17)25(19-6-4-3-5-7-19,24-15-9-18(2)27-24)20-10-12-21(28)13-11-20/h3-16,27-28H,1-2H3/t25-/m1/s1. The maximum absolute atomic E-state index is 15.4. The Bertz CT molecular complexity index is 1100. The van der Waals surface area contributed by atoms with E-state index in [2.05, 4.69) is 4.98 Å². The number of aryl methyl sites for hydroxylation is 2. The lowest BCUT2D eigenvalue weighted by atomic mass is 9.67. The number of nitrogens with one attached hydrogen (secondary N) is 1. The number of H-pyrrole nitrogens is 1. The number of halogens is 1. The normalized spacial score (nSPS) is 13.2. The Morgan fingerprint density at radius 1 is 0.786 bits per heavy atom. The molecule has 2 nitrogen and oxygen atoms in total. The zero-order valence-corrected chi connectivity index (χ0v) is 15.9. The summed E-state index contributed by atoms with van der Waals surface area (Å²) >= 11 is 0. The molecule has 4 rings (SSSR count). The Kier molecular flexibility index (Phi) is 4.52. The van der Waals surface area contributed by atoms with Crippen molar-refractivity contribution in [3.8, 4) is 5.75 Å². The van der Waals surface area contributed by atoms with E-state index in [-0.39, 0.29) is 11.6 Å². The highest BCUT2D eigenvalue weighted by atomic mass is 19.1. The molecule has 140 valence electrons. The van der Waals surface area contributed by atoms with Crippen molar-refractivity contribution in [2.45, 2.75) is 19.3 Å². The molecule has 0 spiro atoms. The van der Waals surface area contributed by atoms with Crippen molar-refractivity contribution in [3.63, 3.8) is 0 Å². The second kappa shape index (κ2) is 7.01. The third-order valence-corrected chi connectivity index (χ3v) is 5.27. The van der Waals surface area contributed by atoms with Crippen LogP contribution in [0, 0.1) is 19.7 Å². The predicted octanol–water partition coefficient (Wildman–Crippen LogP) is 5.86. The van der Waals surface area contributed by atoms with E-state index < -0.39 is 5.41 Å². The number of aromatic hydroxyl groups is 1. The minimum absolute atomic E-state index is 0.178. The van der Waals surface area contributed by atoms with Crippen molar-refractivity contribution >= 4 is 0 Å². The van der Waals surface area contributed by atoms with E-state index in [0.29, 0.717) is 5.56 Å². The molecule has 0 aliphatic rings. The van der Waals surface area contributed by atoms with Crippen LogP contribution in [0.1, 0.15) is 33.6 Å². The number of benzene rings is 3. The average molecular weight is 371 g/mol. The van der Waals surface area contributed by atoms with Gasteiger partial charge in [-0.1, -0.05) is 54.6 Å². The fraction of sp³-hybridized carbons (Fsp3) is 0.120. The maximum Gasteiger partial charge on any atom is 0.128 e. The summed E-state index contributed by atoms with van der Waals surface area (Å²) in [6, 6.07) is 26.3. The minimum Gasteiger partial charge on any atom is -0.508 e. The van der Waals surface area contributed by atoms with Crippen LogP contribution in [0.2, 0.25) is 0 Å². The number of aromatic nitrogens is 1. The molecule has 4 aromatic rings. The SMILES string of the molecule is Cc1ccc([C@@](c2ccccc2)(c2ccc(O)cc2)c2ccc(C)[nH]2)c(F)c1. The Morgan fingerprint density at radius 3 is 2.07 bits per heavy atom. The highest BCUT2D eigenvalue weighted by Crippen LogP contribution is 2.46. The van der Waals surface area contributed by atoms with Crippen molar-refractivity contribution in [2.75, 3.05) is 0 Å². The topological polar surface area (TPSA) is 36.0 Å².